The topological polar surface area (TPSA) is 179 Å². The van der Waals surface area contributed by atoms with E-state index in [9.17, 15) is 14.4 Å². The lowest BCUT2D eigenvalue weighted by Gasteiger charge is -2.56. The molecule has 366 valence electrons. The fourth-order valence-electron chi connectivity index (χ4n) is 15.6. The van der Waals surface area contributed by atoms with Crippen molar-refractivity contribution in [2.75, 3.05) is 19.6 Å². The smallest absolute Gasteiger partial charge is 0.315 e. The third-order valence-electron chi connectivity index (χ3n) is 18.3. The zero-order valence-electron chi connectivity index (χ0n) is 40.2. The Kier molecular flexibility index (Phi) is 9.65. The lowest BCUT2D eigenvalue weighted by Crippen LogP contribution is -2.75. The number of ether oxygens (including phenoxy) is 6. The lowest BCUT2D eigenvalue weighted by molar-refractivity contribution is -0.222. The number of amides is 6. The summed E-state index contributed by atoms with van der Waals surface area (Å²) in [6.07, 6.45) is 16.1. The summed E-state index contributed by atoms with van der Waals surface area (Å²) in [5.74, 6) is 0.948. The van der Waals surface area contributed by atoms with Crippen molar-refractivity contribution in [3.63, 3.8) is 0 Å². The Morgan fingerprint density at radius 3 is 0.783 bits per heavy atom. The van der Waals surface area contributed by atoms with Crippen molar-refractivity contribution in [1.29, 1.82) is 0 Å². The summed E-state index contributed by atoms with van der Waals surface area (Å²) < 4.78 is 43.5. The molecule has 4 aromatic carbocycles. The molecule has 6 fully saturated rings. The van der Waals surface area contributed by atoms with Gasteiger partial charge in [0.25, 0.3) is 17.4 Å². The molecule has 69 heavy (non-hydrogen) atoms. The summed E-state index contributed by atoms with van der Waals surface area (Å²) in [5, 5.41) is 24.8. The summed E-state index contributed by atoms with van der Waals surface area (Å²) in [4.78, 5) is 40.3. The Balaban J connectivity index is 0.990. The molecule has 6 N–H and O–H groups in total. The average Bonchev–Trinajstić information content (AvgIpc) is 3.98. The fourth-order valence-corrected chi connectivity index (χ4v) is 15.6. The highest BCUT2D eigenvalue weighted by Gasteiger charge is 2.70. The summed E-state index contributed by atoms with van der Waals surface area (Å²) in [6, 6.07) is 12.1. The number of fused-ring (bicyclic) bond motifs is 9. The predicted molar refractivity (Wildman–Crippen MR) is 259 cm³/mol. The first-order chi connectivity index (χ1) is 33.5. The molecule has 6 aliphatic carbocycles. The van der Waals surface area contributed by atoms with Gasteiger partial charge < -0.3 is 60.3 Å². The molecule has 15 heteroatoms. The highest BCUT2D eigenvalue weighted by atomic mass is 16.8. The van der Waals surface area contributed by atoms with Gasteiger partial charge >= 0.3 is 18.1 Å². The average molecular weight is 943 g/mol. The van der Waals surface area contributed by atoms with Gasteiger partial charge in [-0.05, 0) is 167 Å². The van der Waals surface area contributed by atoms with E-state index in [4.69, 9.17) is 28.4 Å². The molecule has 3 aliphatic heterocycles. The number of benzene rings is 4. The first-order valence-corrected chi connectivity index (χ1v) is 26.4. The fraction of sp³-hybridized carbons (Fsp3) is 0.611. The lowest BCUT2D eigenvalue weighted by atomic mass is 9.62. The van der Waals surface area contributed by atoms with Crippen LogP contribution in [0.25, 0.3) is 32.3 Å². The summed E-state index contributed by atoms with van der Waals surface area (Å²) in [5.41, 5.74) is -2.14. The zero-order chi connectivity index (χ0) is 47.0. The van der Waals surface area contributed by atoms with Crippen LogP contribution in [0.3, 0.4) is 0 Å². The van der Waals surface area contributed by atoms with Crippen LogP contribution in [-0.4, -0.2) is 71.7 Å². The number of nitrogens with one attached hydrogen (secondary N) is 6. The minimum atomic E-state index is -1.07. The van der Waals surface area contributed by atoms with Crippen LogP contribution >= 0.6 is 0 Å². The Morgan fingerprint density at radius 2 is 0.594 bits per heavy atom. The SMILES string of the molecule is CCNC(=O)NC12CCCC(CCC1)C21Oc2cc3c4cc5c(cc4c4cc6c(cc4c3cc2O1)OC1(O6)C2CCCC1(NC(=O)NCC)CCC2)OC1(O5)C2CCCC1(NC(=O)NCC)CCC2. The Bertz CT molecular complexity index is 2370. The molecule has 0 atom stereocenters. The van der Waals surface area contributed by atoms with Crippen LogP contribution in [0.5, 0.6) is 34.5 Å². The standard InChI is InChI=1S/C54H66N6O9/c1-4-55-46(61)58-49-19-7-13-31(14-8-20-49)52(49)64-40-25-34-35(26-41(40)65-52)37-28-43-45(69-54(67-43)33-17-11-23-51(54,24-12-18-33)60-48(63)57-6-3)30-39(37)38-29-44-42(27-36(34)38)66-53(68-44)32-15-9-21-50(53,22-10-16-32)59-47(62)56-5-2/h25-33H,4-24H2,1-3H3,(H2,55,58,61)(H2,56,59,62)(H2,57,60,63). The Hall–Kier alpha value is -5.73. The second kappa shape index (κ2) is 15.4. The molecule has 6 saturated carbocycles. The first kappa shape index (κ1) is 43.3. The minimum Gasteiger partial charge on any atom is -0.446 e. The van der Waals surface area contributed by atoms with Gasteiger partial charge in [0.05, 0.1) is 0 Å². The van der Waals surface area contributed by atoms with E-state index in [0.29, 0.717) is 54.1 Å². The molecule has 6 amide bonds. The van der Waals surface area contributed by atoms with Crippen molar-refractivity contribution < 1.29 is 42.8 Å². The summed E-state index contributed by atoms with van der Waals surface area (Å²) >= 11 is 0. The highest BCUT2D eigenvalue weighted by Crippen LogP contribution is 2.63. The maximum atomic E-state index is 13.4. The van der Waals surface area contributed by atoms with Crippen LogP contribution in [0, 0.1) is 17.8 Å². The van der Waals surface area contributed by atoms with Gasteiger partial charge in [-0.25, -0.2) is 14.4 Å². The molecule has 0 unspecified atom stereocenters. The van der Waals surface area contributed by atoms with E-state index < -0.39 is 34.0 Å². The van der Waals surface area contributed by atoms with Crippen LogP contribution in [-0.2, 0) is 0 Å². The van der Waals surface area contributed by atoms with Gasteiger partial charge in [0, 0.05) is 37.4 Å². The maximum Gasteiger partial charge on any atom is 0.315 e. The van der Waals surface area contributed by atoms with Gasteiger partial charge in [-0.2, -0.15) is 0 Å². The van der Waals surface area contributed by atoms with Gasteiger partial charge in [-0.15, -0.1) is 0 Å². The molecule has 0 saturated heterocycles. The van der Waals surface area contributed by atoms with E-state index in [0.717, 1.165) is 148 Å². The second-order valence-corrected chi connectivity index (χ2v) is 21.8. The van der Waals surface area contributed by atoms with Crippen molar-refractivity contribution in [2.45, 2.75) is 170 Å². The molecule has 3 heterocycles. The Morgan fingerprint density at radius 1 is 0.391 bits per heavy atom. The highest BCUT2D eigenvalue weighted by molar-refractivity contribution is 6.27. The van der Waals surface area contributed by atoms with Crippen LogP contribution in [0.1, 0.15) is 136 Å². The number of hydrogen-bond donors (Lipinski definition) is 6. The van der Waals surface area contributed by atoms with Crippen LogP contribution in [0.15, 0.2) is 36.4 Å². The van der Waals surface area contributed by atoms with Crippen molar-refractivity contribution in [1.82, 2.24) is 31.9 Å². The van der Waals surface area contributed by atoms with Crippen LogP contribution in [0.2, 0.25) is 0 Å². The van der Waals surface area contributed by atoms with Gasteiger partial charge in [0.1, 0.15) is 16.6 Å². The number of urea groups is 3. The van der Waals surface area contributed by atoms with E-state index in [2.05, 4.69) is 68.3 Å². The first-order valence-electron chi connectivity index (χ1n) is 26.4. The normalized spacial score (nSPS) is 35.1. The monoisotopic (exact) mass is 942 g/mol. The second-order valence-electron chi connectivity index (χ2n) is 21.8. The molecule has 9 aliphatic rings. The van der Waals surface area contributed by atoms with Gasteiger partial charge in [-0.3, -0.25) is 0 Å². The number of hydrogen-bond acceptors (Lipinski definition) is 9. The van der Waals surface area contributed by atoms with Gasteiger partial charge in [-0.1, -0.05) is 38.5 Å². The molecule has 15 nitrogen and oxygen atoms in total. The van der Waals surface area contributed by atoms with Gasteiger partial charge in [0.2, 0.25) is 0 Å². The molecule has 0 radical (unpaired) electrons. The number of carbonyl (C=O) groups excluding carboxylic acids is 3. The maximum absolute atomic E-state index is 13.4. The third kappa shape index (κ3) is 5.93. The molecule has 6 bridgehead atoms. The van der Waals surface area contributed by atoms with Crippen molar-refractivity contribution >= 4 is 50.4 Å². The Labute approximate surface area is 402 Å². The largest absolute Gasteiger partial charge is 0.446 e. The van der Waals surface area contributed by atoms with Crippen LogP contribution in [0.4, 0.5) is 14.4 Å². The zero-order valence-corrected chi connectivity index (χ0v) is 40.2. The van der Waals surface area contributed by atoms with E-state index in [1.807, 2.05) is 20.8 Å². The predicted octanol–water partition coefficient (Wildman–Crippen LogP) is 9.67. The van der Waals surface area contributed by atoms with Crippen molar-refractivity contribution in [3.8, 4) is 34.5 Å². The van der Waals surface area contributed by atoms with E-state index in [1.54, 1.807) is 0 Å². The summed E-state index contributed by atoms with van der Waals surface area (Å²) in [6.45, 7) is 7.34. The van der Waals surface area contributed by atoms with Crippen molar-refractivity contribution in [2.24, 2.45) is 17.8 Å². The van der Waals surface area contributed by atoms with E-state index in [1.165, 1.54) is 0 Å². The molecule has 4 aromatic rings. The van der Waals surface area contributed by atoms with Crippen molar-refractivity contribution in [3.05, 3.63) is 36.4 Å². The molecular weight excluding hydrogens is 877 g/mol. The number of carbonyl (C=O) groups is 3. The van der Waals surface area contributed by atoms with E-state index >= 15 is 0 Å². The molecule has 13 rings (SSSR count). The quantitative estimate of drug-likeness (QED) is 0.103. The molecular formula is C54H66N6O9. The number of rotatable bonds is 6. The molecule has 0 aromatic heterocycles. The van der Waals surface area contributed by atoms with E-state index in [-0.39, 0.29) is 35.8 Å². The molecule has 3 spiro atoms. The third-order valence-corrected chi connectivity index (χ3v) is 18.3. The van der Waals surface area contributed by atoms with Gasteiger partial charge in [0.15, 0.2) is 34.5 Å². The minimum absolute atomic E-state index is 0.0894. The van der Waals surface area contributed by atoms with Crippen LogP contribution < -0.4 is 60.3 Å². The summed E-state index contributed by atoms with van der Waals surface area (Å²) in [7, 11) is 0.